The van der Waals surface area contributed by atoms with Gasteiger partial charge >= 0.3 is 11.7 Å². The maximum atomic E-state index is 12.0. The van der Waals surface area contributed by atoms with Crippen molar-refractivity contribution in [2.45, 2.75) is 6.92 Å². The van der Waals surface area contributed by atoms with Crippen LogP contribution in [0.25, 0.3) is 6.08 Å². The first-order chi connectivity index (χ1) is 15.6. The van der Waals surface area contributed by atoms with Gasteiger partial charge in [0.2, 0.25) is 5.75 Å². The Labute approximate surface area is 192 Å². The summed E-state index contributed by atoms with van der Waals surface area (Å²) in [5, 5.41) is 26.2. The lowest BCUT2D eigenvalue weighted by Gasteiger charge is -2.16. The number of nitro benzene ring substituents is 2. The van der Waals surface area contributed by atoms with Crippen molar-refractivity contribution >= 4 is 51.2 Å². The van der Waals surface area contributed by atoms with Crippen LogP contribution in [-0.2, 0) is 9.59 Å². The molecule has 2 aromatic carbocycles. The van der Waals surface area contributed by atoms with Gasteiger partial charge in [-0.25, -0.2) is 4.79 Å². The van der Waals surface area contributed by atoms with E-state index in [2.05, 4.69) is 15.9 Å². The number of carbonyl (C=O) groups is 3. The fourth-order valence-corrected chi connectivity index (χ4v) is 3.31. The van der Waals surface area contributed by atoms with Crippen molar-refractivity contribution in [3.05, 3.63) is 66.2 Å². The summed E-state index contributed by atoms with van der Waals surface area (Å²) in [7, 11) is 0. The molecule has 1 heterocycles. The SMILES string of the molecule is CCOc1cc(C=C2C(=O)NC(=O)NC2=O)cc(Br)c1Oc1ccc([N+](=O)[O-])cc1[N+](=O)[O-]. The summed E-state index contributed by atoms with van der Waals surface area (Å²) in [6.07, 6.45) is 1.21. The van der Waals surface area contributed by atoms with Gasteiger partial charge in [0.1, 0.15) is 5.57 Å². The second-order valence-electron chi connectivity index (χ2n) is 6.33. The quantitative estimate of drug-likeness (QED) is 0.239. The third kappa shape index (κ3) is 5.12. The first kappa shape index (κ1) is 23.3. The van der Waals surface area contributed by atoms with Crippen LogP contribution in [0.1, 0.15) is 12.5 Å². The number of hydrogen-bond donors (Lipinski definition) is 2. The van der Waals surface area contributed by atoms with Crippen LogP contribution in [0.15, 0.2) is 40.4 Å². The smallest absolute Gasteiger partial charge is 0.328 e. The van der Waals surface area contributed by atoms with E-state index < -0.39 is 39.1 Å². The second kappa shape index (κ2) is 9.44. The minimum Gasteiger partial charge on any atom is -0.490 e. The maximum Gasteiger partial charge on any atom is 0.328 e. The number of ether oxygens (including phenoxy) is 2. The minimum absolute atomic E-state index is 0.0173. The molecular weight excluding hydrogens is 508 g/mol. The van der Waals surface area contributed by atoms with Crippen LogP contribution >= 0.6 is 15.9 Å². The van der Waals surface area contributed by atoms with E-state index in [1.165, 1.54) is 18.2 Å². The van der Waals surface area contributed by atoms with E-state index in [1.807, 2.05) is 10.6 Å². The molecule has 0 unspecified atom stereocenters. The third-order valence-corrected chi connectivity index (χ3v) is 4.74. The molecule has 1 aliphatic rings. The molecule has 0 spiro atoms. The molecule has 33 heavy (non-hydrogen) atoms. The molecule has 0 aliphatic carbocycles. The molecule has 0 bridgehead atoms. The lowest BCUT2D eigenvalue weighted by Crippen LogP contribution is -2.51. The molecule has 170 valence electrons. The Kier molecular flexibility index (Phi) is 6.67. The molecule has 2 N–H and O–H groups in total. The number of nitro groups is 2. The lowest BCUT2D eigenvalue weighted by atomic mass is 10.1. The number of hydrogen-bond acceptors (Lipinski definition) is 9. The molecule has 0 radical (unpaired) electrons. The molecule has 1 aliphatic heterocycles. The van der Waals surface area contributed by atoms with Gasteiger partial charge in [-0.1, -0.05) is 0 Å². The summed E-state index contributed by atoms with van der Waals surface area (Å²) >= 11 is 3.26. The van der Waals surface area contributed by atoms with Crippen molar-refractivity contribution in [3.8, 4) is 17.2 Å². The van der Waals surface area contributed by atoms with Gasteiger partial charge in [-0.3, -0.25) is 40.5 Å². The van der Waals surface area contributed by atoms with Gasteiger partial charge < -0.3 is 9.47 Å². The Balaban J connectivity index is 2.04. The highest BCUT2D eigenvalue weighted by Gasteiger charge is 2.28. The number of urea groups is 1. The number of imide groups is 2. The van der Waals surface area contributed by atoms with Crippen LogP contribution in [-0.4, -0.2) is 34.3 Å². The van der Waals surface area contributed by atoms with Gasteiger partial charge in [-0.15, -0.1) is 0 Å². The Bertz CT molecular complexity index is 1220. The van der Waals surface area contributed by atoms with E-state index >= 15 is 0 Å². The van der Waals surface area contributed by atoms with Crippen molar-refractivity contribution in [3.63, 3.8) is 0 Å². The Morgan fingerprint density at radius 3 is 2.24 bits per heavy atom. The van der Waals surface area contributed by atoms with Crippen molar-refractivity contribution in [2.24, 2.45) is 0 Å². The number of halogens is 1. The Morgan fingerprint density at radius 2 is 1.67 bits per heavy atom. The van der Waals surface area contributed by atoms with Crippen molar-refractivity contribution < 1.29 is 33.7 Å². The third-order valence-electron chi connectivity index (χ3n) is 4.15. The fraction of sp³-hybridized carbons (Fsp3) is 0.105. The van der Waals surface area contributed by atoms with Gasteiger partial charge in [0, 0.05) is 6.07 Å². The molecule has 14 heteroatoms. The van der Waals surface area contributed by atoms with Gasteiger partial charge in [-0.2, -0.15) is 0 Å². The average molecular weight is 521 g/mol. The van der Waals surface area contributed by atoms with Crippen LogP contribution in [0, 0.1) is 20.2 Å². The largest absolute Gasteiger partial charge is 0.490 e. The molecule has 0 aromatic heterocycles. The molecule has 4 amide bonds. The number of non-ortho nitro benzene ring substituents is 1. The number of barbiturate groups is 1. The minimum atomic E-state index is -0.938. The molecule has 13 nitrogen and oxygen atoms in total. The molecular formula is C19H13BrN4O9. The highest BCUT2D eigenvalue weighted by molar-refractivity contribution is 9.10. The molecule has 1 saturated heterocycles. The summed E-state index contributed by atoms with van der Waals surface area (Å²) < 4.78 is 11.4. The topological polar surface area (TPSA) is 180 Å². The van der Waals surface area contributed by atoms with E-state index in [-0.39, 0.29) is 33.9 Å². The summed E-state index contributed by atoms with van der Waals surface area (Å²) in [5.41, 5.74) is -1.14. The zero-order valence-corrected chi connectivity index (χ0v) is 18.2. The first-order valence-corrected chi connectivity index (χ1v) is 9.85. The van der Waals surface area contributed by atoms with Gasteiger partial charge in [0.15, 0.2) is 11.5 Å². The number of amides is 4. The highest BCUT2D eigenvalue weighted by Crippen LogP contribution is 2.43. The predicted octanol–water partition coefficient (Wildman–Crippen LogP) is 3.21. The summed E-state index contributed by atoms with van der Waals surface area (Å²) in [6, 6.07) is 4.82. The number of rotatable bonds is 7. The van der Waals surface area contributed by atoms with E-state index in [0.717, 1.165) is 18.2 Å². The van der Waals surface area contributed by atoms with E-state index in [1.54, 1.807) is 6.92 Å². The number of nitrogens with one attached hydrogen (secondary N) is 2. The standard InChI is InChI=1S/C19H13BrN4O9/c1-2-32-15-7-9(5-11-17(25)21-19(27)22-18(11)26)6-12(20)16(15)33-14-4-3-10(23(28)29)8-13(14)24(30)31/h3-8H,2H2,1H3,(H2,21,22,25,26,27). The summed E-state index contributed by atoms with van der Waals surface area (Å²) in [4.78, 5) is 55.9. The second-order valence-corrected chi connectivity index (χ2v) is 7.18. The summed E-state index contributed by atoms with van der Waals surface area (Å²) in [6.45, 7) is 1.84. The van der Waals surface area contributed by atoms with Crippen molar-refractivity contribution in [1.82, 2.24) is 10.6 Å². The lowest BCUT2D eigenvalue weighted by molar-refractivity contribution is -0.394. The first-order valence-electron chi connectivity index (χ1n) is 9.06. The number of benzene rings is 2. The monoisotopic (exact) mass is 520 g/mol. The van der Waals surface area contributed by atoms with Crippen LogP contribution in [0.3, 0.4) is 0 Å². The zero-order chi connectivity index (χ0) is 24.3. The maximum absolute atomic E-state index is 12.0. The molecule has 1 fully saturated rings. The predicted molar refractivity (Wildman–Crippen MR) is 115 cm³/mol. The van der Waals surface area contributed by atoms with Crippen LogP contribution < -0.4 is 20.1 Å². The van der Waals surface area contributed by atoms with Crippen LogP contribution in [0.4, 0.5) is 16.2 Å². The van der Waals surface area contributed by atoms with Gasteiger partial charge in [-0.05, 0) is 52.7 Å². The van der Waals surface area contributed by atoms with E-state index in [4.69, 9.17) is 9.47 Å². The highest BCUT2D eigenvalue weighted by atomic mass is 79.9. The zero-order valence-electron chi connectivity index (χ0n) is 16.6. The van der Waals surface area contributed by atoms with Crippen molar-refractivity contribution in [1.29, 1.82) is 0 Å². The van der Waals surface area contributed by atoms with Crippen LogP contribution in [0.2, 0.25) is 0 Å². The normalized spacial score (nSPS) is 13.2. The Hall–Kier alpha value is -4.33. The Morgan fingerprint density at radius 1 is 1.00 bits per heavy atom. The van der Waals surface area contributed by atoms with Gasteiger partial charge in [0.25, 0.3) is 17.5 Å². The average Bonchev–Trinajstić information content (AvgIpc) is 2.73. The number of carbonyl (C=O) groups excluding carboxylic acids is 3. The van der Waals surface area contributed by atoms with E-state index in [0.29, 0.717) is 5.56 Å². The molecule has 3 rings (SSSR count). The van der Waals surface area contributed by atoms with Crippen LogP contribution in [0.5, 0.6) is 17.2 Å². The molecule has 0 atom stereocenters. The summed E-state index contributed by atoms with van der Waals surface area (Å²) in [5.74, 6) is -1.94. The molecule has 0 saturated carbocycles. The van der Waals surface area contributed by atoms with E-state index in [9.17, 15) is 34.6 Å². The number of nitrogens with zero attached hydrogens (tertiary/aromatic N) is 2. The molecule has 2 aromatic rings. The fourth-order valence-electron chi connectivity index (χ4n) is 2.76. The van der Waals surface area contributed by atoms with Gasteiger partial charge in [0.05, 0.1) is 27.0 Å². The van der Waals surface area contributed by atoms with Crippen molar-refractivity contribution in [2.75, 3.05) is 6.61 Å².